The lowest BCUT2D eigenvalue weighted by molar-refractivity contribution is -0.384. The van der Waals surface area contributed by atoms with Crippen LogP contribution in [0.1, 0.15) is 11.1 Å². The molecule has 0 aliphatic carbocycles. The van der Waals surface area contributed by atoms with Crippen LogP contribution in [0.4, 0.5) is 16.2 Å². The number of hydrogen-bond donors (Lipinski definition) is 0. The Morgan fingerprint density at radius 2 is 2.04 bits per heavy atom. The zero-order valence-corrected chi connectivity index (χ0v) is 13.7. The normalized spacial score (nSPS) is 12.8. The van der Waals surface area contributed by atoms with Crippen molar-refractivity contribution >= 4 is 33.4 Å². The van der Waals surface area contributed by atoms with E-state index in [4.69, 9.17) is 4.74 Å². The van der Waals surface area contributed by atoms with Crippen LogP contribution >= 0.6 is 15.9 Å². The molecule has 2 aromatic rings. The number of ether oxygens (including phenoxy) is 1. The molecule has 1 aliphatic rings. The number of amides is 1. The van der Waals surface area contributed by atoms with Crippen molar-refractivity contribution in [2.24, 2.45) is 0 Å². The van der Waals surface area contributed by atoms with Gasteiger partial charge in [-0.05, 0) is 23.6 Å². The smallest absolute Gasteiger partial charge is 0.414 e. The van der Waals surface area contributed by atoms with E-state index in [9.17, 15) is 14.9 Å². The Morgan fingerprint density at radius 1 is 1.30 bits per heavy atom. The molecule has 0 fully saturated rings. The molecule has 1 aliphatic heterocycles. The molecule has 0 radical (unpaired) electrons. The van der Waals surface area contributed by atoms with E-state index >= 15 is 0 Å². The lowest BCUT2D eigenvalue weighted by Gasteiger charge is -2.17. The summed E-state index contributed by atoms with van der Waals surface area (Å²) < 4.78 is 5.91. The van der Waals surface area contributed by atoms with Gasteiger partial charge in [0.2, 0.25) is 0 Å². The van der Waals surface area contributed by atoms with Crippen LogP contribution in [0, 0.1) is 10.1 Å². The quantitative estimate of drug-likeness (QED) is 0.598. The minimum atomic E-state index is -0.571. The van der Waals surface area contributed by atoms with Crippen LogP contribution < -0.4 is 4.90 Å². The topological polar surface area (TPSA) is 72.7 Å². The Labute approximate surface area is 140 Å². The fourth-order valence-electron chi connectivity index (χ4n) is 2.61. The summed E-state index contributed by atoms with van der Waals surface area (Å²) in [5.74, 6) is 0. The van der Waals surface area contributed by atoms with Gasteiger partial charge in [-0.1, -0.05) is 46.3 Å². The number of benzene rings is 2. The Balaban J connectivity index is 1.81. The molecule has 0 saturated heterocycles. The van der Waals surface area contributed by atoms with Gasteiger partial charge in [0.15, 0.2) is 0 Å². The molecule has 1 heterocycles. The molecule has 0 atom stereocenters. The van der Waals surface area contributed by atoms with Gasteiger partial charge in [0.25, 0.3) is 5.69 Å². The summed E-state index contributed by atoms with van der Waals surface area (Å²) in [6.45, 7) is 0.510. The fraction of sp³-hybridized carbons (Fsp3) is 0.188. The molecule has 7 heteroatoms. The van der Waals surface area contributed by atoms with Crippen LogP contribution in [0.25, 0.3) is 0 Å². The molecule has 0 saturated carbocycles. The first-order valence-corrected chi connectivity index (χ1v) is 7.80. The van der Waals surface area contributed by atoms with Crippen molar-refractivity contribution in [3.05, 3.63) is 68.2 Å². The maximum Gasteiger partial charge on any atom is 0.414 e. The summed E-state index contributed by atoms with van der Waals surface area (Å²) in [6, 6.07) is 12.5. The molecule has 0 N–H and O–H groups in total. The SMILES string of the molecule is O=C(OCc1ccccc1)N1CCc2cc(Br)cc([N+](=O)[O-])c21. The van der Waals surface area contributed by atoms with Crippen LogP contribution in [0.5, 0.6) is 0 Å². The summed E-state index contributed by atoms with van der Waals surface area (Å²) in [4.78, 5) is 24.4. The van der Waals surface area contributed by atoms with E-state index in [1.54, 1.807) is 6.07 Å². The molecular formula is C16H13BrN2O4. The van der Waals surface area contributed by atoms with Crippen molar-refractivity contribution in [2.75, 3.05) is 11.4 Å². The monoisotopic (exact) mass is 376 g/mol. The molecule has 1 amide bonds. The molecule has 2 aromatic carbocycles. The predicted octanol–water partition coefficient (Wildman–Crippen LogP) is 4.06. The Hall–Kier alpha value is -2.41. The van der Waals surface area contributed by atoms with Gasteiger partial charge in [-0.3, -0.25) is 15.0 Å². The maximum absolute atomic E-state index is 12.3. The highest BCUT2D eigenvalue weighted by Crippen LogP contribution is 2.39. The van der Waals surface area contributed by atoms with E-state index in [1.165, 1.54) is 11.0 Å². The highest BCUT2D eigenvalue weighted by atomic mass is 79.9. The van der Waals surface area contributed by atoms with Crippen molar-refractivity contribution < 1.29 is 14.5 Å². The first kappa shape index (κ1) is 15.5. The second-order valence-corrected chi connectivity index (χ2v) is 6.05. The summed E-state index contributed by atoms with van der Waals surface area (Å²) in [5, 5.41) is 11.3. The number of carbonyl (C=O) groups excluding carboxylic acids is 1. The third kappa shape index (κ3) is 3.19. The molecule has 118 valence electrons. The molecule has 6 nitrogen and oxygen atoms in total. The van der Waals surface area contributed by atoms with E-state index < -0.39 is 11.0 Å². The zero-order valence-electron chi connectivity index (χ0n) is 12.1. The lowest BCUT2D eigenvalue weighted by atomic mass is 10.1. The lowest BCUT2D eigenvalue weighted by Crippen LogP contribution is -2.30. The van der Waals surface area contributed by atoms with Gasteiger partial charge in [0.1, 0.15) is 12.3 Å². The Morgan fingerprint density at radius 3 is 2.74 bits per heavy atom. The fourth-order valence-corrected chi connectivity index (χ4v) is 3.10. The van der Waals surface area contributed by atoms with Crippen LogP contribution in [-0.4, -0.2) is 17.6 Å². The number of halogens is 1. The Bertz CT molecular complexity index is 764. The van der Waals surface area contributed by atoms with Gasteiger partial charge in [0, 0.05) is 17.1 Å². The van der Waals surface area contributed by atoms with E-state index in [-0.39, 0.29) is 12.3 Å². The first-order chi connectivity index (χ1) is 11.1. The zero-order chi connectivity index (χ0) is 16.4. The van der Waals surface area contributed by atoms with Crippen molar-refractivity contribution in [3.8, 4) is 0 Å². The molecular weight excluding hydrogens is 364 g/mol. The van der Waals surface area contributed by atoms with Crippen molar-refractivity contribution in [1.29, 1.82) is 0 Å². The van der Waals surface area contributed by atoms with Crippen LogP contribution in [-0.2, 0) is 17.8 Å². The molecule has 0 spiro atoms. The van der Waals surface area contributed by atoms with Crippen molar-refractivity contribution in [1.82, 2.24) is 0 Å². The number of nitro groups is 1. The highest BCUT2D eigenvalue weighted by molar-refractivity contribution is 9.10. The molecule has 23 heavy (non-hydrogen) atoms. The van der Waals surface area contributed by atoms with E-state index in [0.29, 0.717) is 23.1 Å². The average Bonchev–Trinajstić information content (AvgIpc) is 2.96. The molecule has 0 bridgehead atoms. The molecule has 0 aromatic heterocycles. The number of nitro benzene ring substituents is 1. The number of fused-ring (bicyclic) bond motifs is 1. The van der Waals surface area contributed by atoms with Gasteiger partial charge < -0.3 is 4.74 Å². The summed E-state index contributed by atoms with van der Waals surface area (Å²) >= 11 is 3.26. The number of nitrogens with zero attached hydrogens (tertiary/aromatic N) is 2. The van der Waals surface area contributed by atoms with Crippen LogP contribution in [0.15, 0.2) is 46.9 Å². The number of anilines is 1. The highest BCUT2D eigenvalue weighted by Gasteiger charge is 2.33. The number of carbonyl (C=O) groups is 1. The third-order valence-electron chi connectivity index (χ3n) is 3.63. The summed E-state index contributed by atoms with van der Waals surface area (Å²) in [7, 11) is 0. The first-order valence-electron chi connectivity index (χ1n) is 7.01. The predicted molar refractivity (Wildman–Crippen MR) is 88.5 cm³/mol. The average molecular weight is 377 g/mol. The molecule has 3 rings (SSSR count). The van der Waals surface area contributed by atoms with E-state index in [1.807, 2.05) is 30.3 Å². The van der Waals surface area contributed by atoms with Gasteiger partial charge in [-0.25, -0.2) is 4.79 Å². The van der Waals surface area contributed by atoms with Crippen LogP contribution in [0.2, 0.25) is 0 Å². The largest absolute Gasteiger partial charge is 0.444 e. The molecule has 0 unspecified atom stereocenters. The standard InChI is InChI=1S/C16H13BrN2O4/c17-13-8-12-6-7-18(15(12)14(9-13)19(21)22)16(20)23-10-11-4-2-1-3-5-11/h1-5,8-9H,6-7,10H2. The van der Waals surface area contributed by atoms with E-state index in [2.05, 4.69) is 15.9 Å². The van der Waals surface area contributed by atoms with Gasteiger partial charge in [-0.2, -0.15) is 0 Å². The number of hydrogen-bond acceptors (Lipinski definition) is 4. The second-order valence-electron chi connectivity index (χ2n) is 5.13. The second kappa shape index (κ2) is 6.37. The maximum atomic E-state index is 12.3. The Kier molecular flexibility index (Phi) is 4.29. The van der Waals surface area contributed by atoms with Gasteiger partial charge in [0.05, 0.1) is 4.92 Å². The third-order valence-corrected chi connectivity index (χ3v) is 4.09. The van der Waals surface area contributed by atoms with Crippen molar-refractivity contribution in [2.45, 2.75) is 13.0 Å². The van der Waals surface area contributed by atoms with Gasteiger partial charge in [-0.15, -0.1) is 0 Å². The van der Waals surface area contributed by atoms with Crippen LogP contribution in [0.3, 0.4) is 0 Å². The van der Waals surface area contributed by atoms with Gasteiger partial charge >= 0.3 is 6.09 Å². The van der Waals surface area contributed by atoms with E-state index in [0.717, 1.165) is 11.1 Å². The minimum Gasteiger partial charge on any atom is -0.444 e. The number of rotatable bonds is 3. The summed E-state index contributed by atoms with van der Waals surface area (Å²) in [5.41, 5.74) is 1.87. The minimum absolute atomic E-state index is 0.0939. The van der Waals surface area contributed by atoms with Crippen molar-refractivity contribution in [3.63, 3.8) is 0 Å². The summed E-state index contributed by atoms with van der Waals surface area (Å²) in [6.07, 6.45) is -0.00575.